The maximum absolute atomic E-state index is 11.4. The molecule has 0 radical (unpaired) electrons. The van der Waals surface area contributed by atoms with Crippen molar-refractivity contribution in [1.82, 2.24) is 4.90 Å². The molecule has 0 aliphatic carbocycles. The predicted molar refractivity (Wildman–Crippen MR) is 50.3 cm³/mol. The van der Waals surface area contributed by atoms with Crippen LogP contribution in [0.4, 0.5) is 0 Å². The van der Waals surface area contributed by atoms with Crippen LogP contribution in [0.2, 0.25) is 0 Å². The second kappa shape index (κ2) is 4.58. The minimum Gasteiger partial charge on any atom is -0.376 e. The molecule has 1 heterocycles. The van der Waals surface area contributed by atoms with Gasteiger partial charge in [0.25, 0.3) is 0 Å². The fraction of sp³-hybridized carbons (Fsp3) is 0.889. The zero-order chi connectivity index (χ0) is 9.84. The van der Waals surface area contributed by atoms with Crippen molar-refractivity contribution in [3.63, 3.8) is 0 Å². The Kier molecular flexibility index (Phi) is 3.69. The van der Waals surface area contributed by atoms with Gasteiger partial charge < -0.3 is 15.4 Å². The number of hydrogen-bond donors (Lipinski definition) is 1. The fourth-order valence-corrected chi connectivity index (χ4v) is 1.53. The first-order chi connectivity index (χ1) is 6.11. The third kappa shape index (κ3) is 2.97. The molecule has 2 atom stereocenters. The standard InChI is InChI=1S/C9H18N2O2/c1-7(10)9(12)11(2)6-8-4-3-5-13-8/h7-8H,3-6,10H2,1-2H3. The lowest BCUT2D eigenvalue weighted by molar-refractivity contribution is -0.132. The number of hydrogen-bond acceptors (Lipinski definition) is 3. The Balaban J connectivity index is 2.31. The molecule has 76 valence electrons. The lowest BCUT2D eigenvalue weighted by Gasteiger charge is -2.22. The van der Waals surface area contributed by atoms with E-state index in [1.807, 2.05) is 0 Å². The molecular weight excluding hydrogens is 168 g/mol. The van der Waals surface area contributed by atoms with Crippen LogP contribution in [0, 0.1) is 0 Å². The van der Waals surface area contributed by atoms with Gasteiger partial charge in [-0.15, -0.1) is 0 Å². The Morgan fingerprint density at radius 3 is 2.92 bits per heavy atom. The van der Waals surface area contributed by atoms with Crippen molar-refractivity contribution < 1.29 is 9.53 Å². The Labute approximate surface area is 79.0 Å². The molecule has 0 spiro atoms. The molecule has 4 heteroatoms. The minimum atomic E-state index is -0.411. The van der Waals surface area contributed by atoms with Gasteiger partial charge in [-0.05, 0) is 19.8 Å². The number of nitrogens with zero attached hydrogens (tertiary/aromatic N) is 1. The Morgan fingerprint density at radius 2 is 2.46 bits per heavy atom. The lowest BCUT2D eigenvalue weighted by atomic mass is 10.2. The molecule has 2 N–H and O–H groups in total. The van der Waals surface area contributed by atoms with Gasteiger partial charge in [0.1, 0.15) is 0 Å². The maximum Gasteiger partial charge on any atom is 0.239 e. The number of rotatable bonds is 3. The largest absolute Gasteiger partial charge is 0.376 e. The highest BCUT2D eigenvalue weighted by atomic mass is 16.5. The molecule has 0 aromatic carbocycles. The molecule has 1 rings (SSSR count). The van der Waals surface area contributed by atoms with Crippen LogP contribution in [0.1, 0.15) is 19.8 Å². The summed E-state index contributed by atoms with van der Waals surface area (Å²) in [5.74, 6) is -0.0181. The predicted octanol–water partition coefficient (Wildman–Crippen LogP) is -0.0290. The second-order valence-corrected chi connectivity index (χ2v) is 3.64. The zero-order valence-electron chi connectivity index (χ0n) is 8.32. The Bertz CT molecular complexity index is 176. The molecule has 1 amide bonds. The van der Waals surface area contributed by atoms with Crippen LogP contribution in [0.15, 0.2) is 0 Å². The van der Waals surface area contributed by atoms with Gasteiger partial charge >= 0.3 is 0 Å². The summed E-state index contributed by atoms with van der Waals surface area (Å²) in [4.78, 5) is 13.0. The van der Waals surface area contributed by atoms with E-state index in [1.165, 1.54) is 0 Å². The molecule has 1 aliphatic heterocycles. The Hall–Kier alpha value is -0.610. The number of carbonyl (C=O) groups excluding carboxylic acids is 1. The summed E-state index contributed by atoms with van der Waals surface area (Å²) in [7, 11) is 1.77. The van der Waals surface area contributed by atoms with Crippen LogP contribution in [-0.2, 0) is 9.53 Å². The van der Waals surface area contributed by atoms with Gasteiger partial charge in [0.05, 0.1) is 12.1 Å². The van der Waals surface area contributed by atoms with Gasteiger partial charge in [0, 0.05) is 20.2 Å². The van der Waals surface area contributed by atoms with Crippen LogP contribution < -0.4 is 5.73 Å². The van der Waals surface area contributed by atoms with E-state index in [1.54, 1.807) is 18.9 Å². The summed E-state index contributed by atoms with van der Waals surface area (Å²) >= 11 is 0. The van der Waals surface area contributed by atoms with E-state index < -0.39 is 6.04 Å². The smallest absolute Gasteiger partial charge is 0.239 e. The van der Waals surface area contributed by atoms with Crippen molar-refractivity contribution in [3.8, 4) is 0 Å². The van der Waals surface area contributed by atoms with Gasteiger partial charge in [-0.2, -0.15) is 0 Å². The molecule has 0 aromatic rings. The van der Waals surface area contributed by atoms with Gasteiger partial charge in [0.15, 0.2) is 0 Å². The topological polar surface area (TPSA) is 55.6 Å². The fourth-order valence-electron chi connectivity index (χ4n) is 1.53. The Morgan fingerprint density at radius 1 is 1.77 bits per heavy atom. The molecule has 4 nitrogen and oxygen atoms in total. The number of likely N-dealkylation sites (N-methyl/N-ethyl adjacent to an activating group) is 1. The van der Waals surface area contributed by atoms with Crippen LogP contribution in [0.5, 0.6) is 0 Å². The van der Waals surface area contributed by atoms with Crippen LogP contribution >= 0.6 is 0 Å². The summed E-state index contributed by atoms with van der Waals surface area (Å²) in [6.07, 6.45) is 2.37. The average Bonchev–Trinajstić information content (AvgIpc) is 2.55. The van der Waals surface area contributed by atoms with Crippen LogP contribution in [0.3, 0.4) is 0 Å². The van der Waals surface area contributed by atoms with E-state index in [9.17, 15) is 4.79 Å². The highest BCUT2D eigenvalue weighted by molar-refractivity contribution is 5.80. The average molecular weight is 186 g/mol. The van der Waals surface area contributed by atoms with Gasteiger partial charge in [-0.1, -0.05) is 0 Å². The van der Waals surface area contributed by atoms with Crippen molar-refractivity contribution in [3.05, 3.63) is 0 Å². The molecule has 0 bridgehead atoms. The van der Waals surface area contributed by atoms with E-state index in [4.69, 9.17) is 10.5 Å². The molecule has 2 unspecified atom stereocenters. The number of ether oxygens (including phenoxy) is 1. The third-order valence-corrected chi connectivity index (χ3v) is 2.27. The normalized spacial score (nSPS) is 24.4. The first kappa shape index (κ1) is 10.5. The van der Waals surface area contributed by atoms with E-state index >= 15 is 0 Å². The minimum absolute atomic E-state index is 0.0181. The summed E-state index contributed by atoms with van der Waals surface area (Å²) in [6, 6.07) is -0.411. The molecular formula is C9H18N2O2. The first-order valence-corrected chi connectivity index (χ1v) is 4.73. The quantitative estimate of drug-likeness (QED) is 0.673. The van der Waals surface area contributed by atoms with E-state index in [2.05, 4.69) is 0 Å². The summed E-state index contributed by atoms with van der Waals surface area (Å²) in [5, 5.41) is 0. The van der Waals surface area contributed by atoms with E-state index in [0.717, 1.165) is 19.4 Å². The van der Waals surface area contributed by atoms with E-state index in [-0.39, 0.29) is 12.0 Å². The van der Waals surface area contributed by atoms with E-state index in [0.29, 0.717) is 6.54 Å². The molecule has 0 saturated carbocycles. The SMILES string of the molecule is CC(N)C(=O)N(C)CC1CCCO1. The number of amides is 1. The summed E-state index contributed by atoms with van der Waals surface area (Å²) in [6.45, 7) is 3.19. The lowest BCUT2D eigenvalue weighted by Crippen LogP contribution is -2.42. The third-order valence-electron chi connectivity index (χ3n) is 2.27. The molecule has 1 fully saturated rings. The van der Waals surface area contributed by atoms with Gasteiger partial charge in [-0.25, -0.2) is 0 Å². The van der Waals surface area contributed by atoms with Crippen molar-refractivity contribution in [2.45, 2.75) is 31.9 Å². The monoisotopic (exact) mass is 186 g/mol. The second-order valence-electron chi connectivity index (χ2n) is 3.64. The first-order valence-electron chi connectivity index (χ1n) is 4.73. The maximum atomic E-state index is 11.4. The number of nitrogens with two attached hydrogens (primary N) is 1. The summed E-state index contributed by atoms with van der Waals surface area (Å²) < 4.78 is 5.42. The number of carbonyl (C=O) groups is 1. The highest BCUT2D eigenvalue weighted by Gasteiger charge is 2.21. The van der Waals surface area contributed by atoms with Crippen molar-refractivity contribution in [2.24, 2.45) is 5.73 Å². The zero-order valence-corrected chi connectivity index (χ0v) is 8.32. The van der Waals surface area contributed by atoms with Crippen molar-refractivity contribution in [1.29, 1.82) is 0 Å². The molecule has 1 aliphatic rings. The van der Waals surface area contributed by atoms with Crippen molar-refractivity contribution in [2.75, 3.05) is 20.2 Å². The van der Waals surface area contributed by atoms with Crippen LogP contribution in [0.25, 0.3) is 0 Å². The molecule has 0 aromatic heterocycles. The molecule has 1 saturated heterocycles. The van der Waals surface area contributed by atoms with Crippen LogP contribution in [-0.4, -0.2) is 43.2 Å². The summed E-state index contributed by atoms with van der Waals surface area (Å²) in [5.41, 5.74) is 5.48. The van der Waals surface area contributed by atoms with Gasteiger partial charge in [0.2, 0.25) is 5.91 Å². The van der Waals surface area contributed by atoms with Crippen molar-refractivity contribution >= 4 is 5.91 Å². The molecule has 13 heavy (non-hydrogen) atoms. The van der Waals surface area contributed by atoms with Gasteiger partial charge in [-0.3, -0.25) is 4.79 Å². The highest BCUT2D eigenvalue weighted by Crippen LogP contribution is 2.12.